The van der Waals surface area contributed by atoms with Gasteiger partial charge in [-0.3, -0.25) is 14.4 Å². The van der Waals surface area contributed by atoms with Crippen LogP contribution in [-0.2, 0) is 19.1 Å². The maximum absolute atomic E-state index is 13.5. The third kappa shape index (κ3) is 3.18. The topological polar surface area (TPSA) is 87.7 Å². The number of fused-ring (bicyclic) bond motifs is 1. The summed E-state index contributed by atoms with van der Waals surface area (Å²) in [6, 6.07) is -0.767. The van der Waals surface area contributed by atoms with Crippen LogP contribution < -0.4 is 10.6 Å². The Morgan fingerprint density at radius 2 is 1.86 bits per heavy atom. The SMILES string of the molecule is CC(C)N1C(=O)[C@@H]2[C@@H](C(=O)NC3CCCC3)[C@H]3C=C[C@@]2(O3)[C@H]1C(=O)NC(C)(C)C. The van der Waals surface area contributed by atoms with Crippen molar-refractivity contribution in [1.82, 2.24) is 15.5 Å². The molecule has 29 heavy (non-hydrogen) atoms. The predicted octanol–water partition coefficient (Wildman–Crippen LogP) is 1.52. The molecule has 1 spiro atoms. The minimum atomic E-state index is -1.07. The number of hydrogen-bond acceptors (Lipinski definition) is 4. The Kier molecular flexibility index (Phi) is 4.80. The molecule has 0 aromatic heterocycles. The Morgan fingerprint density at radius 1 is 1.21 bits per heavy atom. The number of nitrogens with zero attached hydrogens (tertiary/aromatic N) is 1. The van der Waals surface area contributed by atoms with Crippen molar-refractivity contribution < 1.29 is 19.1 Å². The number of amides is 3. The van der Waals surface area contributed by atoms with Gasteiger partial charge in [-0.05, 0) is 47.5 Å². The van der Waals surface area contributed by atoms with E-state index in [0.29, 0.717) is 0 Å². The molecule has 5 atom stereocenters. The van der Waals surface area contributed by atoms with E-state index in [0.717, 1.165) is 25.7 Å². The summed E-state index contributed by atoms with van der Waals surface area (Å²) in [5.74, 6) is -1.75. The monoisotopic (exact) mass is 403 g/mol. The molecule has 0 unspecified atom stereocenters. The molecule has 4 aliphatic rings. The molecule has 160 valence electrons. The zero-order valence-electron chi connectivity index (χ0n) is 18.0. The molecule has 0 aromatic carbocycles. The van der Waals surface area contributed by atoms with Gasteiger partial charge in [0.25, 0.3) is 0 Å². The minimum absolute atomic E-state index is 0.118. The summed E-state index contributed by atoms with van der Waals surface area (Å²) in [4.78, 5) is 41.6. The first-order valence-corrected chi connectivity index (χ1v) is 10.9. The van der Waals surface area contributed by atoms with E-state index in [2.05, 4.69) is 10.6 Å². The van der Waals surface area contributed by atoms with Crippen LogP contribution in [-0.4, -0.2) is 58.0 Å². The van der Waals surface area contributed by atoms with E-state index < -0.39 is 35.1 Å². The summed E-state index contributed by atoms with van der Waals surface area (Å²) < 4.78 is 6.29. The van der Waals surface area contributed by atoms with E-state index >= 15 is 0 Å². The van der Waals surface area contributed by atoms with Gasteiger partial charge >= 0.3 is 0 Å². The lowest BCUT2D eigenvalue weighted by Crippen LogP contribution is -2.59. The van der Waals surface area contributed by atoms with Crippen LogP contribution in [0.1, 0.15) is 60.3 Å². The van der Waals surface area contributed by atoms with Gasteiger partial charge < -0.3 is 20.3 Å². The van der Waals surface area contributed by atoms with E-state index in [9.17, 15) is 14.4 Å². The number of hydrogen-bond donors (Lipinski definition) is 2. The molecule has 7 heteroatoms. The number of carbonyl (C=O) groups excluding carboxylic acids is 3. The maximum atomic E-state index is 13.5. The van der Waals surface area contributed by atoms with Crippen LogP contribution in [0.3, 0.4) is 0 Å². The van der Waals surface area contributed by atoms with Crippen molar-refractivity contribution in [3.05, 3.63) is 12.2 Å². The fraction of sp³-hybridized carbons (Fsp3) is 0.773. The van der Waals surface area contributed by atoms with Gasteiger partial charge in [0, 0.05) is 17.6 Å². The lowest BCUT2D eigenvalue weighted by Gasteiger charge is -2.36. The molecule has 3 amide bonds. The molecule has 0 radical (unpaired) electrons. The van der Waals surface area contributed by atoms with Crippen molar-refractivity contribution in [3.63, 3.8) is 0 Å². The quantitative estimate of drug-likeness (QED) is 0.697. The van der Waals surface area contributed by atoms with Gasteiger partial charge in [-0.1, -0.05) is 25.0 Å². The zero-order chi connectivity index (χ0) is 21.1. The van der Waals surface area contributed by atoms with Gasteiger partial charge in [-0.25, -0.2) is 0 Å². The highest BCUT2D eigenvalue weighted by Crippen LogP contribution is 2.55. The second-order valence-corrected chi connectivity index (χ2v) is 10.3. The third-order valence-corrected chi connectivity index (χ3v) is 6.62. The van der Waals surface area contributed by atoms with E-state index in [1.165, 1.54) is 0 Å². The summed E-state index contributed by atoms with van der Waals surface area (Å²) in [6.45, 7) is 9.54. The fourth-order valence-electron chi connectivity index (χ4n) is 5.57. The average molecular weight is 404 g/mol. The molecule has 7 nitrogen and oxygen atoms in total. The Hall–Kier alpha value is -1.89. The van der Waals surface area contributed by atoms with Crippen molar-refractivity contribution in [2.45, 2.75) is 95.7 Å². The van der Waals surface area contributed by atoms with Gasteiger partial charge in [-0.2, -0.15) is 0 Å². The van der Waals surface area contributed by atoms with E-state index in [1.54, 1.807) is 4.90 Å². The van der Waals surface area contributed by atoms with Crippen LogP contribution in [0.5, 0.6) is 0 Å². The van der Waals surface area contributed by atoms with Crippen molar-refractivity contribution in [2.24, 2.45) is 11.8 Å². The van der Waals surface area contributed by atoms with E-state index in [4.69, 9.17) is 4.74 Å². The van der Waals surface area contributed by atoms with Crippen LogP contribution in [0.2, 0.25) is 0 Å². The largest absolute Gasteiger partial charge is 0.359 e. The number of rotatable bonds is 4. The second-order valence-electron chi connectivity index (χ2n) is 10.3. The number of likely N-dealkylation sites (tertiary alicyclic amines) is 1. The van der Waals surface area contributed by atoms with Gasteiger partial charge in [0.2, 0.25) is 17.7 Å². The van der Waals surface area contributed by atoms with E-state index in [-0.39, 0.29) is 29.8 Å². The first-order valence-electron chi connectivity index (χ1n) is 10.9. The minimum Gasteiger partial charge on any atom is -0.359 e. The van der Waals surface area contributed by atoms with Crippen LogP contribution in [0.15, 0.2) is 12.2 Å². The van der Waals surface area contributed by atoms with Gasteiger partial charge in [0.15, 0.2) is 0 Å². The lowest BCUT2D eigenvalue weighted by atomic mass is 9.74. The molecule has 1 saturated carbocycles. The Balaban J connectivity index is 1.66. The fourth-order valence-corrected chi connectivity index (χ4v) is 5.57. The highest BCUT2D eigenvalue weighted by molar-refractivity contribution is 6.00. The first kappa shape index (κ1) is 20.4. The van der Waals surface area contributed by atoms with Crippen LogP contribution >= 0.6 is 0 Å². The summed E-state index contributed by atoms with van der Waals surface area (Å²) in [7, 11) is 0. The first-order chi connectivity index (χ1) is 13.5. The molecule has 3 fully saturated rings. The standard InChI is InChI=1S/C22H33N3O4/c1-12(2)25-17(19(27)24-21(3,4)5)22-11-10-14(29-22)15(16(22)20(25)28)18(26)23-13-8-6-7-9-13/h10-17H,6-9H2,1-5H3,(H,23,26)(H,24,27)/t14-,15+,16+,17-,22+/m1/s1. The van der Waals surface area contributed by atoms with Gasteiger partial charge in [-0.15, -0.1) is 0 Å². The average Bonchev–Trinajstić information content (AvgIpc) is 3.34. The van der Waals surface area contributed by atoms with Gasteiger partial charge in [0.1, 0.15) is 11.6 Å². The summed E-state index contributed by atoms with van der Waals surface area (Å²) >= 11 is 0. The summed E-state index contributed by atoms with van der Waals surface area (Å²) in [6.07, 6.45) is 7.48. The van der Waals surface area contributed by atoms with Crippen molar-refractivity contribution in [2.75, 3.05) is 0 Å². The van der Waals surface area contributed by atoms with Crippen molar-refractivity contribution >= 4 is 17.7 Å². The zero-order valence-corrected chi connectivity index (χ0v) is 18.0. The summed E-state index contributed by atoms with van der Waals surface area (Å²) in [5.41, 5.74) is -1.50. The molecule has 4 rings (SSSR count). The smallest absolute Gasteiger partial charge is 0.246 e. The highest BCUT2D eigenvalue weighted by atomic mass is 16.5. The predicted molar refractivity (Wildman–Crippen MR) is 108 cm³/mol. The Morgan fingerprint density at radius 3 is 2.45 bits per heavy atom. The lowest BCUT2D eigenvalue weighted by molar-refractivity contribution is -0.144. The van der Waals surface area contributed by atoms with Crippen molar-refractivity contribution in [1.29, 1.82) is 0 Å². The molecule has 3 aliphatic heterocycles. The maximum Gasteiger partial charge on any atom is 0.246 e. The normalized spacial score (nSPS) is 36.2. The van der Waals surface area contributed by atoms with Crippen LogP contribution in [0.25, 0.3) is 0 Å². The second kappa shape index (κ2) is 6.83. The molecule has 3 heterocycles. The van der Waals surface area contributed by atoms with E-state index in [1.807, 2.05) is 46.8 Å². The Labute approximate surface area is 172 Å². The Bertz CT molecular complexity index is 750. The summed E-state index contributed by atoms with van der Waals surface area (Å²) in [5, 5.41) is 6.15. The van der Waals surface area contributed by atoms with Crippen LogP contribution in [0.4, 0.5) is 0 Å². The number of ether oxygens (including phenoxy) is 1. The van der Waals surface area contributed by atoms with Crippen molar-refractivity contribution in [3.8, 4) is 0 Å². The van der Waals surface area contributed by atoms with Crippen LogP contribution in [0, 0.1) is 11.8 Å². The number of carbonyl (C=O) groups is 3. The highest BCUT2D eigenvalue weighted by Gasteiger charge is 2.73. The third-order valence-electron chi connectivity index (χ3n) is 6.62. The number of nitrogens with one attached hydrogen (secondary N) is 2. The molecular weight excluding hydrogens is 370 g/mol. The molecule has 0 aromatic rings. The molecule has 2 saturated heterocycles. The molecule has 1 aliphatic carbocycles. The molecule has 2 N–H and O–H groups in total. The van der Waals surface area contributed by atoms with Gasteiger partial charge in [0.05, 0.1) is 17.9 Å². The molecule has 2 bridgehead atoms. The molecular formula is C22H33N3O4.